The van der Waals surface area contributed by atoms with Crippen LogP contribution in [-0.4, -0.2) is 43.1 Å². The second-order valence-corrected chi connectivity index (χ2v) is 4.74. The first-order valence-corrected chi connectivity index (χ1v) is 7.33. The first-order chi connectivity index (χ1) is 10.1. The largest absolute Gasteiger partial charge is 0.450 e. The number of alkyl carbamates (subject to hydrolysis) is 1. The second kappa shape index (κ2) is 9.80. The monoisotopic (exact) mass is 292 g/mol. The Bertz CT molecular complexity index is 434. The number of nitrogens with one attached hydrogen (secondary N) is 1. The maximum absolute atomic E-state index is 11.6. The third-order valence-corrected chi connectivity index (χ3v) is 3.11. The molecule has 0 heterocycles. The second-order valence-electron chi connectivity index (χ2n) is 4.74. The van der Waals surface area contributed by atoms with Crippen molar-refractivity contribution in [3.8, 4) is 0 Å². The van der Waals surface area contributed by atoms with Crippen LogP contribution in [-0.2, 0) is 16.0 Å². The van der Waals surface area contributed by atoms with Gasteiger partial charge in [0.15, 0.2) is 0 Å². The maximum atomic E-state index is 11.6. The van der Waals surface area contributed by atoms with Gasteiger partial charge in [0, 0.05) is 26.6 Å². The highest BCUT2D eigenvalue weighted by atomic mass is 16.5. The van der Waals surface area contributed by atoms with Gasteiger partial charge < -0.3 is 15.0 Å². The van der Waals surface area contributed by atoms with Gasteiger partial charge in [-0.1, -0.05) is 30.3 Å². The van der Waals surface area contributed by atoms with Gasteiger partial charge in [0.25, 0.3) is 0 Å². The summed E-state index contributed by atoms with van der Waals surface area (Å²) in [6.45, 7) is 5.25. The molecule has 1 aromatic rings. The summed E-state index contributed by atoms with van der Waals surface area (Å²) in [5, 5.41) is 2.62. The molecule has 21 heavy (non-hydrogen) atoms. The van der Waals surface area contributed by atoms with Crippen LogP contribution in [0, 0.1) is 0 Å². The Morgan fingerprint density at radius 1 is 1.19 bits per heavy atom. The van der Waals surface area contributed by atoms with E-state index in [0.717, 1.165) is 12.8 Å². The van der Waals surface area contributed by atoms with Crippen molar-refractivity contribution in [3.05, 3.63) is 35.9 Å². The summed E-state index contributed by atoms with van der Waals surface area (Å²) in [7, 11) is 0. The SMILES string of the molecule is CCOC(=O)NCCN(CCCc1ccccc1)C(C)=O. The van der Waals surface area contributed by atoms with E-state index in [1.54, 1.807) is 18.7 Å². The molecule has 0 aliphatic heterocycles. The van der Waals surface area contributed by atoms with Crippen LogP contribution in [0.25, 0.3) is 0 Å². The normalized spacial score (nSPS) is 10.0. The quantitative estimate of drug-likeness (QED) is 0.799. The summed E-state index contributed by atoms with van der Waals surface area (Å²) >= 11 is 0. The smallest absolute Gasteiger partial charge is 0.407 e. The number of carbonyl (C=O) groups excluding carboxylic acids is 2. The fourth-order valence-corrected chi connectivity index (χ4v) is 2.02. The summed E-state index contributed by atoms with van der Waals surface area (Å²) < 4.78 is 4.77. The Hall–Kier alpha value is -2.04. The zero-order valence-corrected chi connectivity index (χ0v) is 12.8. The van der Waals surface area contributed by atoms with Gasteiger partial charge in [-0.2, -0.15) is 0 Å². The number of ether oxygens (including phenoxy) is 1. The molecule has 0 aliphatic carbocycles. The lowest BCUT2D eigenvalue weighted by atomic mass is 10.1. The number of benzene rings is 1. The third-order valence-electron chi connectivity index (χ3n) is 3.11. The van der Waals surface area contributed by atoms with Gasteiger partial charge >= 0.3 is 6.09 Å². The van der Waals surface area contributed by atoms with Gasteiger partial charge in [-0.3, -0.25) is 4.79 Å². The van der Waals surface area contributed by atoms with Gasteiger partial charge in [0.2, 0.25) is 5.91 Å². The van der Waals surface area contributed by atoms with Crippen molar-refractivity contribution < 1.29 is 14.3 Å². The highest BCUT2D eigenvalue weighted by Crippen LogP contribution is 2.03. The van der Waals surface area contributed by atoms with E-state index >= 15 is 0 Å². The molecule has 0 saturated carbocycles. The Labute approximate surface area is 126 Å². The Morgan fingerprint density at radius 3 is 2.52 bits per heavy atom. The predicted molar refractivity (Wildman–Crippen MR) is 82.0 cm³/mol. The molecule has 0 saturated heterocycles. The number of nitrogens with zero attached hydrogens (tertiary/aromatic N) is 1. The van der Waals surface area contributed by atoms with Gasteiger partial charge in [0.1, 0.15) is 0 Å². The molecule has 5 heteroatoms. The van der Waals surface area contributed by atoms with Gasteiger partial charge in [-0.15, -0.1) is 0 Å². The summed E-state index contributed by atoms with van der Waals surface area (Å²) in [5.74, 6) is 0.0220. The van der Waals surface area contributed by atoms with Gasteiger partial charge in [0.05, 0.1) is 6.61 Å². The minimum absolute atomic E-state index is 0.0220. The highest BCUT2D eigenvalue weighted by molar-refractivity contribution is 5.73. The third kappa shape index (κ3) is 7.34. The van der Waals surface area contributed by atoms with Crippen LogP contribution in [0.5, 0.6) is 0 Å². The lowest BCUT2D eigenvalue weighted by Gasteiger charge is -2.21. The van der Waals surface area contributed by atoms with E-state index in [9.17, 15) is 9.59 Å². The van der Waals surface area contributed by atoms with Crippen LogP contribution >= 0.6 is 0 Å². The van der Waals surface area contributed by atoms with Crippen molar-refractivity contribution in [1.29, 1.82) is 0 Å². The van der Waals surface area contributed by atoms with Gasteiger partial charge in [-0.05, 0) is 25.3 Å². The molecule has 0 radical (unpaired) electrons. The molecular formula is C16H24N2O3. The molecule has 0 aromatic heterocycles. The standard InChI is InChI=1S/C16H24N2O3/c1-3-21-16(20)17-11-13-18(14(2)19)12-7-10-15-8-5-4-6-9-15/h4-6,8-9H,3,7,10-13H2,1-2H3,(H,17,20). The predicted octanol–water partition coefficient (Wildman–Crippen LogP) is 2.21. The molecule has 116 valence electrons. The first kappa shape index (κ1) is 17.0. The van der Waals surface area contributed by atoms with Crippen molar-refractivity contribution in [2.75, 3.05) is 26.2 Å². The molecule has 0 unspecified atom stereocenters. The highest BCUT2D eigenvalue weighted by Gasteiger charge is 2.09. The van der Waals surface area contributed by atoms with Crippen LogP contribution < -0.4 is 5.32 Å². The topological polar surface area (TPSA) is 58.6 Å². The lowest BCUT2D eigenvalue weighted by Crippen LogP contribution is -2.38. The van der Waals surface area contributed by atoms with Crippen LogP contribution in [0.1, 0.15) is 25.8 Å². The van der Waals surface area contributed by atoms with Gasteiger partial charge in [-0.25, -0.2) is 4.79 Å². The van der Waals surface area contributed by atoms with E-state index in [1.807, 2.05) is 18.2 Å². The molecule has 5 nitrogen and oxygen atoms in total. The first-order valence-electron chi connectivity index (χ1n) is 7.33. The molecule has 1 N–H and O–H groups in total. The number of hydrogen-bond donors (Lipinski definition) is 1. The molecule has 0 spiro atoms. The van der Waals surface area contributed by atoms with Crippen molar-refractivity contribution in [2.45, 2.75) is 26.7 Å². The Morgan fingerprint density at radius 2 is 1.90 bits per heavy atom. The molecule has 1 aromatic carbocycles. The van der Waals surface area contributed by atoms with Crippen molar-refractivity contribution >= 4 is 12.0 Å². The number of aryl methyl sites for hydroxylation is 1. The van der Waals surface area contributed by atoms with Crippen LogP contribution in [0.4, 0.5) is 4.79 Å². The zero-order valence-electron chi connectivity index (χ0n) is 12.8. The average molecular weight is 292 g/mol. The fourth-order valence-electron chi connectivity index (χ4n) is 2.02. The number of hydrogen-bond acceptors (Lipinski definition) is 3. The van der Waals surface area contributed by atoms with E-state index in [4.69, 9.17) is 4.74 Å². The molecule has 1 rings (SSSR count). The number of carbonyl (C=O) groups is 2. The maximum Gasteiger partial charge on any atom is 0.407 e. The van der Waals surface area contributed by atoms with Crippen molar-refractivity contribution in [2.24, 2.45) is 0 Å². The Kier molecular flexibility index (Phi) is 7.94. The van der Waals surface area contributed by atoms with E-state index in [-0.39, 0.29) is 5.91 Å². The van der Waals surface area contributed by atoms with E-state index < -0.39 is 6.09 Å². The van der Waals surface area contributed by atoms with Crippen LogP contribution in [0.2, 0.25) is 0 Å². The molecule has 2 amide bonds. The Balaban J connectivity index is 2.27. The lowest BCUT2D eigenvalue weighted by molar-refractivity contribution is -0.128. The van der Waals surface area contributed by atoms with E-state index in [1.165, 1.54) is 5.56 Å². The van der Waals surface area contributed by atoms with E-state index in [0.29, 0.717) is 26.2 Å². The zero-order chi connectivity index (χ0) is 15.5. The average Bonchev–Trinajstić information content (AvgIpc) is 2.47. The van der Waals surface area contributed by atoms with Crippen molar-refractivity contribution in [3.63, 3.8) is 0 Å². The number of amides is 2. The van der Waals surface area contributed by atoms with E-state index in [2.05, 4.69) is 17.4 Å². The molecule has 0 fully saturated rings. The summed E-state index contributed by atoms with van der Waals surface area (Å²) in [5.41, 5.74) is 1.27. The minimum Gasteiger partial charge on any atom is -0.450 e. The molecule has 0 bridgehead atoms. The number of rotatable bonds is 8. The molecule has 0 aliphatic rings. The summed E-state index contributed by atoms with van der Waals surface area (Å²) in [6, 6.07) is 10.2. The summed E-state index contributed by atoms with van der Waals surface area (Å²) in [6.07, 6.45) is 1.41. The minimum atomic E-state index is -0.440. The van der Waals surface area contributed by atoms with Crippen molar-refractivity contribution in [1.82, 2.24) is 10.2 Å². The summed E-state index contributed by atoms with van der Waals surface area (Å²) in [4.78, 5) is 24.5. The molecular weight excluding hydrogens is 268 g/mol. The van der Waals surface area contributed by atoms with Crippen LogP contribution in [0.3, 0.4) is 0 Å². The fraction of sp³-hybridized carbons (Fsp3) is 0.500. The van der Waals surface area contributed by atoms with Crippen LogP contribution in [0.15, 0.2) is 30.3 Å². The molecule has 0 atom stereocenters.